The van der Waals surface area contributed by atoms with Crippen molar-refractivity contribution in [3.63, 3.8) is 0 Å². The van der Waals surface area contributed by atoms with Crippen molar-refractivity contribution >= 4 is 27.1 Å². The Bertz CT molecular complexity index is 1000. The fourth-order valence-electron chi connectivity index (χ4n) is 2.59. The minimum absolute atomic E-state index is 0.0631. The first-order chi connectivity index (χ1) is 13.2. The molecule has 1 N–H and O–H groups in total. The first-order valence-electron chi connectivity index (χ1n) is 8.56. The summed E-state index contributed by atoms with van der Waals surface area (Å²) in [5, 5.41) is 15.2. The number of hydrogen-bond acceptors (Lipinski definition) is 6. The van der Waals surface area contributed by atoms with E-state index in [-0.39, 0.29) is 34.9 Å². The molecule has 2 aromatic carbocycles. The fourth-order valence-corrected chi connectivity index (χ4v) is 4.21. The van der Waals surface area contributed by atoms with Gasteiger partial charge in [-0.25, -0.2) is 12.8 Å². The lowest BCUT2D eigenvalue weighted by Crippen LogP contribution is -2.31. The van der Waals surface area contributed by atoms with E-state index in [4.69, 9.17) is 0 Å². The third-order valence-corrected chi connectivity index (χ3v) is 6.20. The molecule has 0 spiro atoms. The molecule has 10 heteroatoms. The normalized spacial score (nSPS) is 12.2. The van der Waals surface area contributed by atoms with Crippen LogP contribution in [0.1, 0.15) is 26.3 Å². The molecule has 0 saturated carbocycles. The molecule has 0 bridgehead atoms. The SMILES string of the molecule is CCN(CC)S(=O)(=O)c1cc([N+](=O)[O-])ccc1N/N=C(/C)c1ccccc1F. The van der Waals surface area contributed by atoms with E-state index in [1.807, 2.05) is 0 Å². The van der Waals surface area contributed by atoms with Crippen LogP contribution in [0.5, 0.6) is 0 Å². The van der Waals surface area contributed by atoms with Crippen LogP contribution >= 0.6 is 0 Å². The molecule has 2 rings (SSSR count). The molecular formula is C18H21FN4O4S. The molecule has 0 amide bonds. The Kier molecular flexibility index (Phi) is 6.81. The number of non-ortho nitro benzene ring substituents is 1. The highest BCUT2D eigenvalue weighted by Crippen LogP contribution is 2.29. The summed E-state index contributed by atoms with van der Waals surface area (Å²) in [4.78, 5) is 10.2. The second-order valence-corrected chi connectivity index (χ2v) is 7.72. The molecule has 0 aliphatic heterocycles. The lowest BCUT2D eigenvalue weighted by molar-refractivity contribution is -0.385. The molecule has 2 aromatic rings. The molecular weight excluding hydrogens is 387 g/mol. The number of nitro benzene ring substituents is 1. The summed E-state index contributed by atoms with van der Waals surface area (Å²) in [6.45, 7) is 5.32. The summed E-state index contributed by atoms with van der Waals surface area (Å²) in [5.41, 5.74) is 2.86. The predicted octanol–water partition coefficient (Wildman–Crippen LogP) is 3.60. The number of hydrogen-bond donors (Lipinski definition) is 1. The van der Waals surface area contributed by atoms with Gasteiger partial charge in [-0.1, -0.05) is 32.0 Å². The Morgan fingerprint density at radius 3 is 2.43 bits per heavy atom. The van der Waals surface area contributed by atoms with Crippen molar-refractivity contribution in [3.8, 4) is 0 Å². The molecule has 150 valence electrons. The van der Waals surface area contributed by atoms with Gasteiger partial charge in [0, 0.05) is 30.8 Å². The van der Waals surface area contributed by atoms with Crippen molar-refractivity contribution in [2.24, 2.45) is 5.10 Å². The second kappa shape index (κ2) is 8.89. The van der Waals surface area contributed by atoms with Crippen LogP contribution in [0, 0.1) is 15.9 Å². The third-order valence-electron chi connectivity index (χ3n) is 4.11. The Balaban J connectivity index is 2.51. The van der Waals surface area contributed by atoms with E-state index in [1.54, 1.807) is 39.0 Å². The van der Waals surface area contributed by atoms with Gasteiger partial charge in [-0.2, -0.15) is 9.41 Å². The number of halogens is 1. The van der Waals surface area contributed by atoms with Crippen molar-refractivity contribution in [1.29, 1.82) is 0 Å². The van der Waals surface area contributed by atoms with E-state index < -0.39 is 20.8 Å². The minimum atomic E-state index is -3.99. The number of nitrogens with zero attached hydrogens (tertiary/aromatic N) is 3. The molecule has 0 aromatic heterocycles. The van der Waals surface area contributed by atoms with Crippen LogP contribution in [-0.2, 0) is 10.0 Å². The molecule has 0 aliphatic carbocycles. The van der Waals surface area contributed by atoms with E-state index in [1.165, 1.54) is 22.5 Å². The van der Waals surface area contributed by atoms with Crippen LogP contribution < -0.4 is 5.43 Å². The predicted molar refractivity (Wildman–Crippen MR) is 105 cm³/mol. The monoisotopic (exact) mass is 408 g/mol. The van der Waals surface area contributed by atoms with Gasteiger partial charge >= 0.3 is 0 Å². The third kappa shape index (κ3) is 4.52. The first kappa shape index (κ1) is 21.5. The number of hydrazone groups is 1. The van der Waals surface area contributed by atoms with Crippen LogP contribution in [0.2, 0.25) is 0 Å². The lowest BCUT2D eigenvalue weighted by Gasteiger charge is -2.20. The summed E-state index contributed by atoms with van der Waals surface area (Å²) >= 11 is 0. The van der Waals surface area contributed by atoms with Gasteiger partial charge in [0.1, 0.15) is 10.7 Å². The lowest BCUT2D eigenvalue weighted by atomic mass is 10.1. The Labute approximate surface area is 162 Å². The Morgan fingerprint density at radius 1 is 1.21 bits per heavy atom. The molecule has 0 heterocycles. The Morgan fingerprint density at radius 2 is 1.86 bits per heavy atom. The zero-order chi connectivity index (χ0) is 20.9. The molecule has 0 radical (unpaired) electrons. The standard InChI is InChI=1S/C18H21FN4O4S/c1-4-22(5-2)28(26,27)18-12-14(23(24)25)10-11-17(18)21-20-13(3)15-8-6-7-9-16(15)19/h6-12,21H,4-5H2,1-3H3/b20-13-. The number of sulfonamides is 1. The van der Waals surface area contributed by atoms with Crippen LogP contribution in [0.15, 0.2) is 52.5 Å². The maximum atomic E-state index is 13.9. The zero-order valence-corrected chi connectivity index (χ0v) is 16.5. The van der Waals surface area contributed by atoms with Crippen molar-refractivity contribution in [2.75, 3.05) is 18.5 Å². The van der Waals surface area contributed by atoms with E-state index in [0.29, 0.717) is 5.71 Å². The van der Waals surface area contributed by atoms with Crippen molar-refractivity contribution < 1.29 is 17.7 Å². The van der Waals surface area contributed by atoms with Gasteiger partial charge in [0.05, 0.1) is 16.3 Å². The van der Waals surface area contributed by atoms with Gasteiger partial charge in [0.25, 0.3) is 5.69 Å². The largest absolute Gasteiger partial charge is 0.277 e. The average Bonchev–Trinajstić information content (AvgIpc) is 2.67. The highest BCUT2D eigenvalue weighted by molar-refractivity contribution is 7.89. The summed E-state index contributed by atoms with van der Waals surface area (Å²) in [6, 6.07) is 9.47. The summed E-state index contributed by atoms with van der Waals surface area (Å²) in [6.07, 6.45) is 0. The summed E-state index contributed by atoms with van der Waals surface area (Å²) in [7, 11) is -3.99. The number of nitro groups is 1. The molecule has 8 nitrogen and oxygen atoms in total. The molecule has 0 unspecified atom stereocenters. The maximum absolute atomic E-state index is 13.9. The Hall–Kier alpha value is -2.85. The number of anilines is 1. The quantitative estimate of drug-likeness (QED) is 0.408. The van der Waals surface area contributed by atoms with Gasteiger partial charge in [0.15, 0.2) is 0 Å². The van der Waals surface area contributed by atoms with E-state index in [2.05, 4.69) is 10.5 Å². The van der Waals surface area contributed by atoms with E-state index in [0.717, 1.165) is 6.07 Å². The summed E-state index contributed by atoms with van der Waals surface area (Å²) in [5.74, 6) is -0.467. The van der Waals surface area contributed by atoms with Crippen LogP contribution in [0.25, 0.3) is 0 Å². The van der Waals surface area contributed by atoms with Crippen LogP contribution in [0.4, 0.5) is 15.8 Å². The van der Waals surface area contributed by atoms with Crippen LogP contribution in [-0.4, -0.2) is 36.4 Å². The maximum Gasteiger partial charge on any atom is 0.270 e. The van der Waals surface area contributed by atoms with Gasteiger partial charge in [0.2, 0.25) is 10.0 Å². The zero-order valence-electron chi connectivity index (χ0n) is 15.7. The highest BCUT2D eigenvalue weighted by Gasteiger charge is 2.27. The molecule has 0 saturated heterocycles. The van der Waals surface area contributed by atoms with Crippen molar-refractivity contribution in [1.82, 2.24) is 4.31 Å². The first-order valence-corrected chi connectivity index (χ1v) is 10.00. The fraction of sp³-hybridized carbons (Fsp3) is 0.278. The van der Waals surface area contributed by atoms with Gasteiger partial charge in [-0.15, -0.1) is 0 Å². The smallest absolute Gasteiger partial charge is 0.270 e. The van der Waals surface area contributed by atoms with E-state index >= 15 is 0 Å². The van der Waals surface area contributed by atoms with Crippen molar-refractivity contribution in [2.45, 2.75) is 25.7 Å². The topological polar surface area (TPSA) is 105 Å². The number of nitrogens with one attached hydrogen (secondary N) is 1. The van der Waals surface area contributed by atoms with Gasteiger partial charge in [-0.05, 0) is 19.1 Å². The van der Waals surface area contributed by atoms with Gasteiger partial charge < -0.3 is 0 Å². The van der Waals surface area contributed by atoms with E-state index in [9.17, 15) is 22.9 Å². The van der Waals surface area contributed by atoms with Gasteiger partial charge in [-0.3, -0.25) is 15.5 Å². The minimum Gasteiger partial charge on any atom is -0.277 e. The molecule has 28 heavy (non-hydrogen) atoms. The summed E-state index contributed by atoms with van der Waals surface area (Å²) < 4.78 is 40.9. The van der Waals surface area contributed by atoms with Crippen molar-refractivity contribution in [3.05, 3.63) is 64.0 Å². The second-order valence-electron chi connectivity index (χ2n) is 5.82. The molecule has 0 atom stereocenters. The highest BCUT2D eigenvalue weighted by atomic mass is 32.2. The van der Waals surface area contributed by atoms with Crippen LogP contribution in [0.3, 0.4) is 0 Å². The average molecular weight is 408 g/mol. The molecule has 0 fully saturated rings. The number of benzene rings is 2. The molecule has 0 aliphatic rings. The number of rotatable bonds is 8.